The van der Waals surface area contributed by atoms with Gasteiger partial charge in [0.25, 0.3) is 10.0 Å². The number of anilines is 1. The first kappa shape index (κ1) is 16.4. The molecule has 0 aliphatic carbocycles. The van der Waals surface area contributed by atoms with E-state index in [1.54, 1.807) is 6.92 Å². The minimum atomic E-state index is -3.81. The fraction of sp³-hybridized carbons (Fsp3) is 0.500. The van der Waals surface area contributed by atoms with E-state index in [2.05, 4.69) is 5.32 Å². The fourth-order valence-corrected chi connectivity index (χ4v) is 4.17. The van der Waals surface area contributed by atoms with Crippen molar-refractivity contribution in [2.45, 2.75) is 17.6 Å². The third kappa shape index (κ3) is 3.44. The zero-order chi connectivity index (χ0) is 15.3. The average Bonchev–Trinajstić information content (AvgIpc) is 2.81. The van der Waals surface area contributed by atoms with Crippen LogP contribution in [0.5, 0.6) is 0 Å². The number of nitriles is 1. The zero-order valence-corrected chi connectivity index (χ0v) is 12.6. The van der Waals surface area contributed by atoms with Gasteiger partial charge in [0.1, 0.15) is 4.21 Å². The number of nitro groups is 1. The van der Waals surface area contributed by atoms with Gasteiger partial charge in [0, 0.05) is 32.6 Å². The van der Waals surface area contributed by atoms with Crippen molar-refractivity contribution in [1.29, 1.82) is 5.26 Å². The quantitative estimate of drug-likeness (QED) is 0.603. The minimum absolute atomic E-state index is 0.0427. The summed E-state index contributed by atoms with van der Waals surface area (Å²) >= 11 is 0.816. The van der Waals surface area contributed by atoms with Crippen LogP contribution >= 0.6 is 11.3 Å². The molecule has 0 spiro atoms. The van der Waals surface area contributed by atoms with Gasteiger partial charge in [-0.2, -0.15) is 9.57 Å². The second-order valence-corrected chi connectivity index (χ2v) is 7.13. The summed E-state index contributed by atoms with van der Waals surface area (Å²) in [4.78, 5) is 10.3. The molecule has 1 N–H and O–H groups in total. The van der Waals surface area contributed by atoms with Gasteiger partial charge in [0.15, 0.2) is 5.00 Å². The Labute approximate surface area is 120 Å². The van der Waals surface area contributed by atoms with Gasteiger partial charge in [-0.25, -0.2) is 8.42 Å². The fourth-order valence-electron chi connectivity index (χ4n) is 1.39. The lowest BCUT2D eigenvalue weighted by Gasteiger charge is -2.13. The number of nitrogens with one attached hydrogen (secondary N) is 1. The van der Waals surface area contributed by atoms with Crippen molar-refractivity contribution in [2.75, 3.05) is 25.5 Å². The molecule has 0 amide bonds. The van der Waals surface area contributed by atoms with E-state index in [-0.39, 0.29) is 27.9 Å². The van der Waals surface area contributed by atoms with E-state index in [0.29, 0.717) is 6.54 Å². The Morgan fingerprint density at radius 1 is 1.60 bits per heavy atom. The minimum Gasteiger partial charge on any atom is -0.372 e. The third-order valence-electron chi connectivity index (χ3n) is 2.43. The van der Waals surface area contributed by atoms with Gasteiger partial charge >= 0.3 is 5.69 Å². The lowest BCUT2D eigenvalue weighted by atomic mass is 10.5. The second-order valence-electron chi connectivity index (χ2n) is 3.80. The highest BCUT2D eigenvalue weighted by Gasteiger charge is 2.28. The first-order chi connectivity index (χ1) is 9.34. The Bertz CT molecular complexity index is 632. The molecule has 0 aromatic carbocycles. The molecule has 0 saturated carbocycles. The highest BCUT2D eigenvalue weighted by atomic mass is 32.2. The largest absolute Gasteiger partial charge is 0.372 e. The van der Waals surface area contributed by atoms with Crippen molar-refractivity contribution < 1.29 is 13.3 Å². The van der Waals surface area contributed by atoms with Crippen LogP contribution in [0.1, 0.15) is 13.3 Å². The van der Waals surface area contributed by atoms with Crippen molar-refractivity contribution in [1.82, 2.24) is 4.31 Å². The van der Waals surface area contributed by atoms with E-state index in [0.717, 1.165) is 21.7 Å². The topological polar surface area (TPSA) is 116 Å². The zero-order valence-electron chi connectivity index (χ0n) is 11.0. The number of hydrogen-bond acceptors (Lipinski definition) is 7. The summed E-state index contributed by atoms with van der Waals surface area (Å²) in [5, 5.41) is 22.4. The molecule has 1 heterocycles. The van der Waals surface area contributed by atoms with Crippen molar-refractivity contribution >= 4 is 32.0 Å². The number of thiophene rings is 1. The number of rotatable bonds is 7. The highest BCUT2D eigenvalue weighted by Crippen LogP contribution is 2.37. The molecule has 0 saturated heterocycles. The van der Waals surface area contributed by atoms with Crippen LogP contribution in [-0.2, 0) is 10.0 Å². The molecular formula is C10H14N4O4S2. The molecule has 1 rings (SSSR count). The Morgan fingerprint density at radius 2 is 2.25 bits per heavy atom. The Kier molecular flexibility index (Phi) is 5.43. The Morgan fingerprint density at radius 3 is 2.75 bits per heavy atom. The van der Waals surface area contributed by atoms with Gasteiger partial charge in [-0.3, -0.25) is 10.1 Å². The number of nitrogens with zero attached hydrogens (tertiary/aromatic N) is 3. The van der Waals surface area contributed by atoms with Gasteiger partial charge in [-0.15, -0.1) is 0 Å². The van der Waals surface area contributed by atoms with Crippen LogP contribution < -0.4 is 5.32 Å². The summed E-state index contributed by atoms with van der Waals surface area (Å²) in [5.41, 5.74) is -0.260. The molecule has 0 bridgehead atoms. The van der Waals surface area contributed by atoms with Crippen molar-refractivity contribution in [3.63, 3.8) is 0 Å². The van der Waals surface area contributed by atoms with Crippen molar-refractivity contribution in [3.05, 3.63) is 16.2 Å². The summed E-state index contributed by atoms with van der Waals surface area (Å²) < 4.78 is 25.3. The number of hydrogen-bond donors (Lipinski definition) is 1. The highest BCUT2D eigenvalue weighted by molar-refractivity contribution is 7.91. The smallest absolute Gasteiger partial charge is 0.304 e. The van der Waals surface area contributed by atoms with Crippen LogP contribution in [0.2, 0.25) is 0 Å². The molecule has 0 unspecified atom stereocenters. The standard InChI is InChI=1S/C10H14N4O4S2/c1-3-12-10-8(14(15)16)7-9(19-10)20(17,18)13(2)6-4-5-11/h7,12H,3-4,6H2,1-2H3. The summed E-state index contributed by atoms with van der Waals surface area (Å²) in [5.74, 6) is 0. The van der Waals surface area contributed by atoms with Crippen LogP contribution in [-0.4, -0.2) is 37.8 Å². The van der Waals surface area contributed by atoms with E-state index < -0.39 is 14.9 Å². The molecule has 0 aliphatic rings. The van der Waals surface area contributed by atoms with Crippen LogP contribution in [0.15, 0.2) is 10.3 Å². The predicted molar refractivity (Wildman–Crippen MR) is 75.2 cm³/mol. The van der Waals surface area contributed by atoms with Crippen LogP contribution in [0.25, 0.3) is 0 Å². The molecule has 0 radical (unpaired) electrons. The first-order valence-electron chi connectivity index (χ1n) is 5.70. The Hall–Kier alpha value is -1.70. The SMILES string of the molecule is CCNc1sc(S(=O)(=O)N(C)CCC#N)cc1[N+](=O)[O-]. The van der Waals surface area contributed by atoms with Crippen molar-refractivity contribution in [3.8, 4) is 6.07 Å². The monoisotopic (exact) mass is 318 g/mol. The van der Waals surface area contributed by atoms with Gasteiger partial charge < -0.3 is 5.32 Å². The summed E-state index contributed by atoms with van der Waals surface area (Å²) in [6, 6.07) is 2.90. The van der Waals surface area contributed by atoms with E-state index in [4.69, 9.17) is 5.26 Å². The van der Waals surface area contributed by atoms with E-state index >= 15 is 0 Å². The van der Waals surface area contributed by atoms with Gasteiger partial charge in [0.05, 0.1) is 11.0 Å². The lowest BCUT2D eigenvalue weighted by Crippen LogP contribution is -2.27. The van der Waals surface area contributed by atoms with Crippen LogP contribution in [0, 0.1) is 21.4 Å². The van der Waals surface area contributed by atoms with E-state index in [1.165, 1.54) is 7.05 Å². The average molecular weight is 318 g/mol. The van der Waals surface area contributed by atoms with Gasteiger partial charge in [-0.1, -0.05) is 11.3 Å². The maximum absolute atomic E-state index is 12.2. The molecule has 0 fully saturated rings. The summed E-state index contributed by atoms with van der Waals surface area (Å²) in [7, 11) is -2.47. The van der Waals surface area contributed by atoms with E-state index in [9.17, 15) is 18.5 Å². The molecular weight excluding hydrogens is 304 g/mol. The summed E-state index contributed by atoms with van der Waals surface area (Å²) in [6.45, 7) is 2.25. The molecule has 1 aromatic heterocycles. The first-order valence-corrected chi connectivity index (χ1v) is 7.95. The maximum Gasteiger partial charge on any atom is 0.304 e. The lowest BCUT2D eigenvalue weighted by molar-refractivity contribution is -0.383. The molecule has 20 heavy (non-hydrogen) atoms. The molecule has 0 atom stereocenters. The maximum atomic E-state index is 12.2. The molecule has 1 aromatic rings. The molecule has 8 nitrogen and oxygen atoms in total. The van der Waals surface area contributed by atoms with Crippen molar-refractivity contribution in [2.24, 2.45) is 0 Å². The second kappa shape index (κ2) is 6.65. The molecule has 0 aliphatic heterocycles. The Balaban J connectivity index is 3.16. The van der Waals surface area contributed by atoms with Crippen LogP contribution in [0.3, 0.4) is 0 Å². The van der Waals surface area contributed by atoms with Crippen LogP contribution in [0.4, 0.5) is 10.7 Å². The third-order valence-corrected chi connectivity index (χ3v) is 5.81. The molecule has 10 heteroatoms. The summed E-state index contributed by atoms with van der Waals surface area (Å²) in [6.07, 6.45) is 0.0588. The predicted octanol–water partition coefficient (Wildman–Crippen LogP) is 1.62. The number of sulfonamides is 1. The van der Waals surface area contributed by atoms with Gasteiger partial charge in [-0.05, 0) is 6.92 Å². The molecule has 110 valence electrons. The van der Waals surface area contributed by atoms with E-state index in [1.807, 2.05) is 6.07 Å². The van der Waals surface area contributed by atoms with Gasteiger partial charge in [0.2, 0.25) is 0 Å². The normalized spacial score (nSPS) is 11.3.